The van der Waals surface area contributed by atoms with Crippen molar-refractivity contribution in [3.8, 4) is 0 Å². The Kier molecular flexibility index (Phi) is 1.66. The van der Waals surface area contributed by atoms with Crippen LogP contribution in [-0.2, 0) is 4.74 Å². The molecule has 0 aliphatic carbocycles. The first-order valence-corrected chi connectivity index (χ1v) is 2.79. The molecule has 2 atom stereocenters. The van der Waals surface area contributed by atoms with E-state index in [4.69, 9.17) is 5.73 Å². The largest absolute Gasteiger partial charge is 0.383 e. The number of halogens is 1. The highest BCUT2D eigenvalue weighted by Crippen LogP contribution is 2.05. The Balaban J connectivity index is 2.61. The average Bonchev–Trinajstić information content (AvgIpc) is 1.80. The van der Waals surface area contributed by atoms with E-state index in [2.05, 4.69) is 9.73 Å². The van der Waals surface area contributed by atoms with Crippen molar-refractivity contribution >= 4 is 5.84 Å². The molecule has 1 heterocycles. The van der Waals surface area contributed by atoms with Gasteiger partial charge in [0.25, 0.3) is 6.36 Å². The van der Waals surface area contributed by atoms with E-state index in [1.165, 1.54) is 0 Å². The van der Waals surface area contributed by atoms with Crippen LogP contribution in [0.25, 0.3) is 0 Å². The third kappa shape index (κ3) is 1.38. The zero-order chi connectivity index (χ0) is 6.85. The summed E-state index contributed by atoms with van der Waals surface area (Å²) in [7, 11) is 0. The molecule has 3 nitrogen and oxygen atoms in total. The van der Waals surface area contributed by atoms with Crippen LogP contribution in [0.1, 0.15) is 6.92 Å². The van der Waals surface area contributed by atoms with E-state index in [9.17, 15) is 4.39 Å². The average molecular weight is 132 g/mol. The van der Waals surface area contributed by atoms with Gasteiger partial charge in [-0.2, -0.15) is 0 Å². The van der Waals surface area contributed by atoms with E-state index in [-0.39, 0.29) is 11.9 Å². The Labute approximate surface area is 52.7 Å². The van der Waals surface area contributed by atoms with Crippen LogP contribution in [0.2, 0.25) is 0 Å². The van der Waals surface area contributed by atoms with Crippen molar-refractivity contribution in [2.45, 2.75) is 19.3 Å². The van der Waals surface area contributed by atoms with Crippen LogP contribution in [0.3, 0.4) is 0 Å². The second kappa shape index (κ2) is 2.31. The zero-order valence-corrected chi connectivity index (χ0v) is 5.17. The molecule has 4 heteroatoms. The standard InChI is InChI=1S/C5H9FN2O/c1-3-2-9-4(6)5(7)8-3/h3-4H,2H2,1H3,(H2,7,8). The highest BCUT2D eigenvalue weighted by atomic mass is 19.1. The third-order valence-electron chi connectivity index (χ3n) is 1.09. The molecule has 9 heavy (non-hydrogen) atoms. The quantitative estimate of drug-likeness (QED) is 0.506. The summed E-state index contributed by atoms with van der Waals surface area (Å²) in [5.74, 6) is -0.0475. The summed E-state index contributed by atoms with van der Waals surface area (Å²) in [5, 5.41) is 0. The van der Waals surface area contributed by atoms with Crippen LogP contribution in [0.4, 0.5) is 4.39 Å². The Hall–Kier alpha value is -0.640. The second-order valence-electron chi connectivity index (χ2n) is 2.05. The SMILES string of the molecule is CC1COC(F)C(N)=N1. The van der Waals surface area contributed by atoms with E-state index >= 15 is 0 Å². The molecule has 0 radical (unpaired) electrons. The van der Waals surface area contributed by atoms with E-state index in [1.807, 2.05) is 6.92 Å². The first kappa shape index (κ1) is 6.48. The lowest BCUT2D eigenvalue weighted by atomic mass is 10.3. The van der Waals surface area contributed by atoms with E-state index < -0.39 is 6.36 Å². The number of hydrogen-bond acceptors (Lipinski definition) is 3. The summed E-state index contributed by atoms with van der Waals surface area (Å²) in [4.78, 5) is 3.76. The molecule has 2 unspecified atom stereocenters. The lowest BCUT2D eigenvalue weighted by Gasteiger charge is -2.18. The van der Waals surface area contributed by atoms with Gasteiger partial charge in [0.05, 0.1) is 12.6 Å². The molecular formula is C5H9FN2O. The highest BCUT2D eigenvalue weighted by molar-refractivity contribution is 5.84. The monoisotopic (exact) mass is 132 g/mol. The minimum Gasteiger partial charge on any atom is -0.383 e. The fraction of sp³-hybridized carbons (Fsp3) is 0.800. The van der Waals surface area contributed by atoms with Crippen molar-refractivity contribution in [1.29, 1.82) is 0 Å². The summed E-state index contributed by atoms with van der Waals surface area (Å²) in [6.45, 7) is 2.14. The Morgan fingerprint density at radius 1 is 1.89 bits per heavy atom. The van der Waals surface area contributed by atoms with Crippen molar-refractivity contribution in [2.24, 2.45) is 10.7 Å². The van der Waals surface area contributed by atoms with Gasteiger partial charge >= 0.3 is 0 Å². The number of aliphatic imine (C=N–C) groups is 1. The molecule has 2 N–H and O–H groups in total. The molecule has 0 aromatic rings. The molecule has 1 rings (SSSR count). The maximum atomic E-state index is 12.3. The lowest BCUT2D eigenvalue weighted by Crippen LogP contribution is -2.35. The smallest absolute Gasteiger partial charge is 0.256 e. The predicted octanol–water partition coefficient (Wildman–Crippen LogP) is 0.0579. The normalized spacial score (nSPS) is 36.0. The zero-order valence-electron chi connectivity index (χ0n) is 5.17. The molecule has 1 aliphatic rings. The van der Waals surface area contributed by atoms with E-state index in [0.29, 0.717) is 6.61 Å². The van der Waals surface area contributed by atoms with Crippen LogP contribution < -0.4 is 5.73 Å². The minimum absolute atomic E-state index is 0.00278. The Morgan fingerprint density at radius 2 is 2.56 bits per heavy atom. The molecule has 0 saturated carbocycles. The molecular weight excluding hydrogens is 123 g/mol. The molecule has 0 bridgehead atoms. The maximum absolute atomic E-state index is 12.3. The van der Waals surface area contributed by atoms with Crippen molar-refractivity contribution in [3.63, 3.8) is 0 Å². The van der Waals surface area contributed by atoms with Crippen LogP contribution in [0.15, 0.2) is 4.99 Å². The summed E-state index contributed by atoms with van der Waals surface area (Å²) in [6.07, 6.45) is -1.48. The number of ether oxygens (including phenoxy) is 1. The lowest BCUT2D eigenvalue weighted by molar-refractivity contribution is -0.00420. The molecule has 0 aromatic carbocycles. The number of nitrogens with two attached hydrogens (primary N) is 1. The number of nitrogens with zero attached hydrogens (tertiary/aromatic N) is 1. The number of alkyl halides is 1. The van der Waals surface area contributed by atoms with Gasteiger partial charge in [0.2, 0.25) is 0 Å². The van der Waals surface area contributed by atoms with E-state index in [1.54, 1.807) is 0 Å². The van der Waals surface area contributed by atoms with Gasteiger partial charge in [0, 0.05) is 0 Å². The van der Waals surface area contributed by atoms with Gasteiger partial charge < -0.3 is 10.5 Å². The summed E-state index contributed by atoms with van der Waals surface area (Å²) in [6, 6.07) is -0.00278. The minimum atomic E-state index is -1.48. The van der Waals surface area contributed by atoms with E-state index in [0.717, 1.165) is 0 Å². The first-order chi connectivity index (χ1) is 4.20. The summed E-state index contributed by atoms with van der Waals surface area (Å²) < 4.78 is 16.9. The van der Waals surface area contributed by atoms with Gasteiger partial charge in [-0.1, -0.05) is 0 Å². The molecule has 0 spiro atoms. The van der Waals surface area contributed by atoms with Crippen molar-refractivity contribution in [2.75, 3.05) is 6.61 Å². The first-order valence-electron chi connectivity index (χ1n) is 2.79. The number of rotatable bonds is 0. The van der Waals surface area contributed by atoms with Crippen LogP contribution in [0.5, 0.6) is 0 Å². The van der Waals surface area contributed by atoms with Gasteiger partial charge in [-0.25, -0.2) is 4.39 Å². The predicted molar refractivity (Wildman–Crippen MR) is 31.9 cm³/mol. The van der Waals surface area contributed by atoms with Crippen LogP contribution in [-0.4, -0.2) is 24.8 Å². The van der Waals surface area contributed by atoms with Crippen LogP contribution >= 0.6 is 0 Å². The molecule has 0 aromatic heterocycles. The van der Waals surface area contributed by atoms with Gasteiger partial charge in [0.1, 0.15) is 0 Å². The van der Waals surface area contributed by atoms with Crippen molar-refractivity contribution in [1.82, 2.24) is 0 Å². The summed E-state index contributed by atoms with van der Waals surface area (Å²) >= 11 is 0. The second-order valence-corrected chi connectivity index (χ2v) is 2.05. The fourth-order valence-electron chi connectivity index (χ4n) is 0.659. The van der Waals surface area contributed by atoms with Gasteiger partial charge in [-0.15, -0.1) is 0 Å². The maximum Gasteiger partial charge on any atom is 0.256 e. The van der Waals surface area contributed by atoms with Gasteiger partial charge in [-0.05, 0) is 6.92 Å². The van der Waals surface area contributed by atoms with Crippen LogP contribution in [0, 0.1) is 0 Å². The Bertz CT molecular complexity index is 137. The molecule has 0 amide bonds. The fourth-order valence-corrected chi connectivity index (χ4v) is 0.659. The molecule has 52 valence electrons. The molecule has 0 fully saturated rings. The topological polar surface area (TPSA) is 47.6 Å². The summed E-state index contributed by atoms with van der Waals surface area (Å²) in [5.41, 5.74) is 5.12. The van der Waals surface area contributed by atoms with Gasteiger partial charge in [0.15, 0.2) is 5.84 Å². The molecule has 1 aliphatic heterocycles. The Morgan fingerprint density at radius 3 is 3.00 bits per heavy atom. The van der Waals surface area contributed by atoms with Crippen molar-refractivity contribution < 1.29 is 9.13 Å². The third-order valence-corrected chi connectivity index (χ3v) is 1.09. The highest BCUT2D eigenvalue weighted by Gasteiger charge is 2.18. The number of hydrogen-bond donors (Lipinski definition) is 1. The number of amidine groups is 1. The molecule has 0 saturated heterocycles. The van der Waals surface area contributed by atoms with Gasteiger partial charge in [-0.3, -0.25) is 4.99 Å². The van der Waals surface area contributed by atoms with Crippen molar-refractivity contribution in [3.05, 3.63) is 0 Å².